The Morgan fingerprint density at radius 3 is 1.94 bits per heavy atom. The summed E-state index contributed by atoms with van der Waals surface area (Å²) in [6.07, 6.45) is 6.69. The lowest BCUT2D eigenvalue weighted by Crippen LogP contribution is -2.12. The van der Waals surface area contributed by atoms with Crippen molar-refractivity contribution in [3.63, 3.8) is 0 Å². The monoisotopic (exact) mass is 238 g/mol. The van der Waals surface area contributed by atoms with E-state index in [1.165, 1.54) is 32.1 Å². The molecule has 0 aliphatic carbocycles. The Morgan fingerprint density at radius 1 is 0.941 bits per heavy atom. The normalized spacial score (nSPS) is 16.4. The van der Waals surface area contributed by atoms with Gasteiger partial charge in [-0.05, 0) is 44.4 Å². The van der Waals surface area contributed by atoms with Crippen LogP contribution in [-0.2, 0) is 0 Å². The highest BCUT2D eigenvalue weighted by Gasteiger charge is 2.16. The maximum absolute atomic E-state index is 2.42. The van der Waals surface area contributed by atoms with Gasteiger partial charge in [0.2, 0.25) is 0 Å². The SMILES string of the molecule is CCCC(C)CCC(=C(C)C)C(C)C(C)CC. The highest BCUT2D eigenvalue weighted by Crippen LogP contribution is 2.30. The van der Waals surface area contributed by atoms with E-state index in [0.717, 1.165) is 17.8 Å². The summed E-state index contributed by atoms with van der Waals surface area (Å²) in [5, 5.41) is 0. The average Bonchev–Trinajstić information content (AvgIpc) is 2.27. The van der Waals surface area contributed by atoms with Crippen LogP contribution in [0.3, 0.4) is 0 Å². The first-order valence-corrected chi connectivity index (χ1v) is 7.60. The lowest BCUT2D eigenvalue weighted by Gasteiger charge is -2.24. The minimum absolute atomic E-state index is 0.763. The van der Waals surface area contributed by atoms with Gasteiger partial charge in [0.1, 0.15) is 0 Å². The largest absolute Gasteiger partial charge is 0.0770 e. The quantitative estimate of drug-likeness (QED) is 0.440. The van der Waals surface area contributed by atoms with Crippen molar-refractivity contribution in [2.75, 3.05) is 0 Å². The summed E-state index contributed by atoms with van der Waals surface area (Å²) >= 11 is 0. The highest BCUT2D eigenvalue weighted by atomic mass is 14.2. The molecule has 3 unspecified atom stereocenters. The van der Waals surface area contributed by atoms with E-state index in [4.69, 9.17) is 0 Å². The van der Waals surface area contributed by atoms with E-state index in [1.54, 1.807) is 11.1 Å². The van der Waals surface area contributed by atoms with Crippen LogP contribution in [-0.4, -0.2) is 0 Å². The van der Waals surface area contributed by atoms with Crippen molar-refractivity contribution in [3.8, 4) is 0 Å². The molecule has 0 radical (unpaired) electrons. The third-order valence-electron chi connectivity index (χ3n) is 4.38. The van der Waals surface area contributed by atoms with Gasteiger partial charge in [-0.2, -0.15) is 0 Å². The molecule has 0 aliphatic heterocycles. The molecule has 0 rings (SSSR count). The maximum Gasteiger partial charge on any atom is -0.0204 e. The molecule has 0 fully saturated rings. The van der Waals surface area contributed by atoms with Gasteiger partial charge in [-0.1, -0.05) is 65.0 Å². The van der Waals surface area contributed by atoms with Crippen LogP contribution in [0, 0.1) is 17.8 Å². The molecule has 0 aromatic rings. The smallest absolute Gasteiger partial charge is 0.0204 e. The summed E-state index contributed by atoms with van der Waals surface area (Å²) in [6, 6.07) is 0. The predicted molar refractivity (Wildman–Crippen MR) is 80.3 cm³/mol. The summed E-state index contributed by atoms with van der Waals surface area (Å²) in [7, 11) is 0. The van der Waals surface area contributed by atoms with E-state index in [1.807, 2.05) is 0 Å². The molecule has 102 valence electrons. The molecule has 0 saturated carbocycles. The molecule has 17 heavy (non-hydrogen) atoms. The molecular weight excluding hydrogens is 204 g/mol. The van der Waals surface area contributed by atoms with Crippen LogP contribution in [0.25, 0.3) is 0 Å². The van der Waals surface area contributed by atoms with E-state index >= 15 is 0 Å². The zero-order chi connectivity index (χ0) is 13.4. The summed E-state index contributed by atoms with van der Waals surface area (Å²) in [5.74, 6) is 2.47. The van der Waals surface area contributed by atoms with Gasteiger partial charge in [-0.3, -0.25) is 0 Å². The van der Waals surface area contributed by atoms with E-state index in [0.29, 0.717) is 0 Å². The molecule has 0 nitrogen and oxygen atoms in total. The average molecular weight is 238 g/mol. The van der Waals surface area contributed by atoms with E-state index < -0.39 is 0 Å². The highest BCUT2D eigenvalue weighted by molar-refractivity contribution is 5.13. The fourth-order valence-corrected chi connectivity index (χ4v) is 2.67. The van der Waals surface area contributed by atoms with Crippen molar-refractivity contribution in [2.24, 2.45) is 17.8 Å². The van der Waals surface area contributed by atoms with Gasteiger partial charge >= 0.3 is 0 Å². The Bertz CT molecular complexity index is 220. The van der Waals surface area contributed by atoms with Gasteiger partial charge in [-0.25, -0.2) is 0 Å². The van der Waals surface area contributed by atoms with Crippen LogP contribution in [0.15, 0.2) is 11.1 Å². The molecule has 0 aromatic heterocycles. The second-order valence-corrected chi connectivity index (χ2v) is 6.13. The molecule has 0 aromatic carbocycles. The zero-order valence-corrected chi connectivity index (χ0v) is 13.3. The summed E-state index contributed by atoms with van der Waals surface area (Å²) in [5.41, 5.74) is 3.28. The molecule has 0 N–H and O–H groups in total. The molecule has 0 amide bonds. The lowest BCUT2D eigenvalue weighted by molar-refractivity contribution is 0.398. The van der Waals surface area contributed by atoms with Crippen molar-refractivity contribution in [2.45, 2.75) is 80.6 Å². The molecule has 0 saturated heterocycles. The number of rotatable bonds is 8. The van der Waals surface area contributed by atoms with Gasteiger partial charge < -0.3 is 0 Å². The lowest BCUT2D eigenvalue weighted by atomic mass is 9.81. The van der Waals surface area contributed by atoms with Crippen LogP contribution in [0.2, 0.25) is 0 Å². The van der Waals surface area contributed by atoms with Crippen molar-refractivity contribution in [3.05, 3.63) is 11.1 Å². The van der Waals surface area contributed by atoms with Crippen molar-refractivity contribution >= 4 is 0 Å². The Morgan fingerprint density at radius 2 is 1.53 bits per heavy atom. The van der Waals surface area contributed by atoms with Crippen LogP contribution < -0.4 is 0 Å². The number of hydrogen-bond acceptors (Lipinski definition) is 0. The Labute approximate surface area is 110 Å². The van der Waals surface area contributed by atoms with Gasteiger partial charge in [0, 0.05) is 0 Å². The van der Waals surface area contributed by atoms with E-state index in [-0.39, 0.29) is 0 Å². The number of allylic oxidation sites excluding steroid dienone is 2. The first kappa shape index (κ1) is 16.7. The minimum Gasteiger partial charge on any atom is -0.0770 e. The first-order valence-electron chi connectivity index (χ1n) is 7.60. The van der Waals surface area contributed by atoms with Crippen LogP contribution in [0.5, 0.6) is 0 Å². The second kappa shape index (κ2) is 8.78. The van der Waals surface area contributed by atoms with Crippen molar-refractivity contribution < 1.29 is 0 Å². The van der Waals surface area contributed by atoms with Crippen LogP contribution >= 0.6 is 0 Å². The third kappa shape index (κ3) is 6.29. The molecule has 0 heteroatoms. The summed E-state index contributed by atoms with van der Waals surface area (Å²) in [4.78, 5) is 0. The molecule has 3 atom stereocenters. The fourth-order valence-electron chi connectivity index (χ4n) is 2.67. The van der Waals surface area contributed by atoms with Crippen LogP contribution in [0.1, 0.15) is 80.6 Å². The van der Waals surface area contributed by atoms with Gasteiger partial charge in [-0.15, -0.1) is 0 Å². The Hall–Kier alpha value is -0.260. The standard InChI is InChI=1S/C17H34/c1-8-10-14(5)11-12-17(13(3)4)16(7)15(6)9-2/h14-16H,8-12H2,1-7H3. The molecule has 0 spiro atoms. The third-order valence-corrected chi connectivity index (χ3v) is 4.38. The maximum atomic E-state index is 2.42. The van der Waals surface area contributed by atoms with Crippen molar-refractivity contribution in [1.82, 2.24) is 0 Å². The van der Waals surface area contributed by atoms with Crippen molar-refractivity contribution in [1.29, 1.82) is 0 Å². The number of hydrogen-bond donors (Lipinski definition) is 0. The van der Waals surface area contributed by atoms with Crippen LogP contribution in [0.4, 0.5) is 0 Å². The second-order valence-electron chi connectivity index (χ2n) is 6.13. The Kier molecular flexibility index (Phi) is 8.64. The van der Waals surface area contributed by atoms with E-state index in [2.05, 4.69) is 48.5 Å². The summed E-state index contributed by atoms with van der Waals surface area (Å²) < 4.78 is 0. The van der Waals surface area contributed by atoms with Gasteiger partial charge in [0.05, 0.1) is 0 Å². The van der Waals surface area contributed by atoms with Gasteiger partial charge in [0.15, 0.2) is 0 Å². The van der Waals surface area contributed by atoms with Gasteiger partial charge in [0.25, 0.3) is 0 Å². The topological polar surface area (TPSA) is 0 Å². The minimum atomic E-state index is 0.763. The fraction of sp³-hybridized carbons (Fsp3) is 0.882. The molecule has 0 bridgehead atoms. The Balaban J connectivity index is 4.42. The molecule has 0 heterocycles. The molecule has 0 aliphatic rings. The molecular formula is C17H34. The predicted octanol–water partition coefficient (Wildman–Crippen LogP) is 6.22. The first-order chi connectivity index (χ1) is 7.93. The van der Waals surface area contributed by atoms with E-state index in [9.17, 15) is 0 Å². The zero-order valence-electron chi connectivity index (χ0n) is 13.3. The summed E-state index contributed by atoms with van der Waals surface area (Å²) in [6.45, 7) is 16.4.